The molecular weight excluding hydrogens is 476 g/mol. The number of aromatic amines is 1. The number of carbonyl (C=O) groups excluding carboxylic acids is 2. The van der Waals surface area contributed by atoms with E-state index in [0.29, 0.717) is 12.1 Å². The maximum atomic E-state index is 12.9. The second-order valence-corrected chi connectivity index (χ2v) is 10.2. The largest absolute Gasteiger partial charge is 0.346 e. The molecule has 0 aliphatic carbocycles. The first-order valence-electron chi connectivity index (χ1n) is 12.9. The minimum Gasteiger partial charge on any atom is -0.346 e. The summed E-state index contributed by atoms with van der Waals surface area (Å²) < 4.78 is 0. The van der Waals surface area contributed by atoms with Crippen LogP contribution in [0, 0.1) is 0 Å². The fourth-order valence-corrected chi connectivity index (χ4v) is 4.78. The predicted molar refractivity (Wildman–Crippen MR) is 152 cm³/mol. The Morgan fingerprint density at radius 2 is 1.55 bits per heavy atom. The lowest BCUT2D eigenvalue weighted by Crippen LogP contribution is -2.48. The second kappa shape index (κ2) is 10.8. The molecule has 38 heavy (non-hydrogen) atoms. The van der Waals surface area contributed by atoms with E-state index >= 15 is 0 Å². The summed E-state index contributed by atoms with van der Waals surface area (Å²) in [4.78, 5) is 40.8. The van der Waals surface area contributed by atoms with Gasteiger partial charge in [0.15, 0.2) is 0 Å². The van der Waals surface area contributed by atoms with Crippen molar-refractivity contribution in [2.45, 2.75) is 0 Å². The number of pyridine rings is 1. The van der Waals surface area contributed by atoms with E-state index in [1.165, 1.54) is 0 Å². The van der Waals surface area contributed by atoms with Gasteiger partial charge in [-0.1, -0.05) is 24.3 Å². The lowest BCUT2D eigenvalue weighted by atomic mass is 10.0. The summed E-state index contributed by atoms with van der Waals surface area (Å²) in [7, 11) is 7.45. The van der Waals surface area contributed by atoms with Crippen molar-refractivity contribution >= 4 is 28.5 Å². The molecule has 4 aromatic rings. The molecule has 1 aliphatic rings. The minimum atomic E-state index is -0.0189. The van der Waals surface area contributed by atoms with Crippen molar-refractivity contribution in [3.05, 3.63) is 72.6 Å². The number of nitrogens with one attached hydrogen (secondary N) is 1. The number of H-pyrrole nitrogens is 1. The third-order valence-corrected chi connectivity index (χ3v) is 7.30. The minimum absolute atomic E-state index is 0.0189. The quantitative estimate of drug-likeness (QED) is 0.427. The molecule has 0 spiro atoms. The second-order valence-electron chi connectivity index (χ2n) is 10.2. The van der Waals surface area contributed by atoms with Gasteiger partial charge in [-0.15, -0.1) is 0 Å². The molecule has 2 aromatic heterocycles. The van der Waals surface area contributed by atoms with Gasteiger partial charge in [-0.25, -0.2) is 4.98 Å². The van der Waals surface area contributed by atoms with Crippen LogP contribution in [-0.4, -0.2) is 97.4 Å². The van der Waals surface area contributed by atoms with E-state index in [1.54, 1.807) is 23.9 Å². The van der Waals surface area contributed by atoms with Crippen molar-refractivity contribution < 1.29 is 9.59 Å². The van der Waals surface area contributed by atoms with E-state index in [4.69, 9.17) is 0 Å². The number of carbonyl (C=O) groups is 2. The number of hydrogen-bond donors (Lipinski definition) is 1. The zero-order valence-corrected chi connectivity index (χ0v) is 22.4. The molecule has 5 rings (SSSR count). The van der Waals surface area contributed by atoms with E-state index < -0.39 is 0 Å². The molecule has 2 aromatic carbocycles. The maximum Gasteiger partial charge on any atom is 0.253 e. The summed E-state index contributed by atoms with van der Waals surface area (Å²) in [5, 5.41) is 1.01. The third kappa shape index (κ3) is 5.32. The SMILES string of the molecule is CN1CCN(CC(=O)N(C)c2ccc(-c3cnc4[nH]cc(-c5ccc(C(=O)N(C)C)cc5)c4c3)cc2)CC1. The van der Waals surface area contributed by atoms with Gasteiger partial charge in [0, 0.05) is 87.5 Å². The number of likely N-dealkylation sites (N-methyl/N-ethyl adjacent to an activating group) is 2. The van der Waals surface area contributed by atoms with Crippen LogP contribution in [0.5, 0.6) is 0 Å². The Morgan fingerprint density at radius 3 is 2.21 bits per heavy atom. The fraction of sp³-hybridized carbons (Fsp3) is 0.300. The average Bonchev–Trinajstić information content (AvgIpc) is 3.37. The maximum absolute atomic E-state index is 12.9. The molecule has 0 bridgehead atoms. The first-order chi connectivity index (χ1) is 18.3. The summed E-state index contributed by atoms with van der Waals surface area (Å²) in [6.45, 7) is 4.27. The van der Waals surface area contributed by atoms with Crippen molar-refractivity contribution in [3.8, 4) is 22.3 Å². The zero-order chi connectivity index (χ0) is 26.8. The van der Waals surface area contributed by atoms with Gasteiger partial charge in [-0.3, -0.25) is 14.5 Å². The number of amides is 2. The van der Waals surface area contributed by atoms with Gasteiger partial charge in [-0.05, 0) is 48.5 Å². The van der Waals surface area contributed by atoms with E-state index in [9.17, 15) is 9.59 Å². The molecule has 1 saturated heterocycles. The van der Waals surface area contributed by atoms with Crippen LogP contribution >= 0.6 is 0 Å². The smallest absolute Gasteiger partial charge is 0.253 e. The number of aromatic nitrogens is 2. The van der Waals surface area contributed by atoms with Crippen LogP contribution < -0.4 is 4.90 Å². The summed E-state index contributed by atoms with van der Waals surface area (Å²) in [5.74, 6) is 0.0789. The highest BCUT2D eigenvalue weighted by molar-refractivity contribution is 5.98. The molecule has 8 heteroatoms. The van der Waals surface area contributed by atoms with Crippen molar-refractivity contribution in [1.29, 1.82) is 0 Å². The lowest BCUT2D eigenvalue weighted by molar-refractivity contribution is -0.119. The number of hydrogen-bond acceptors (Lipinski definition) is 5. The van der Waals surface area contributed by atoms with Gasteiger partial charge >= 0.3 is 0 Å². The molecule has 1 N–H and O–H groups in total. The summed E-state index contributed by atoms with van der Waals surface area (Å²) >= 11 is 0. The summed E-state index contributed by atoms with van der Waals surface area (Å²) in [5.41, 5.74) is 6.41. The molecule has 0 unspecified atom stereocenters. The van der Waals surface area contributed by atoms with Crippen molar-refractivity contribution in [2.75, 3.05) is 65.8 Å². The van der Waals surface area contributed by atoms with E-state index in [-0.39, 0.29) is 11.8 Å². The van der Waals surface area contributed by atoms with Gasteiger partial charge in [-0.2, -0.15) is 0 Å². The molecular formula is C30H34N6O2. The number of anilines is 1. The molecule has 1 fully saturated rings. The van der Waals surface area contributed by atoms with E-state index in [2.05, 4.69) is 32.9 Å². The van der Waals surface area contributed by atoms with E-state index in [1.807, 2.05) is 68.0 Å². The molecule has 0 saturated carbocycles. The van der Waals surface area contributed by atoms with Crippen molar-refractivity contribution in [1.82, 2.24) is 24.7 Å². The first kappa shape index (κ1) is 25.6. The summed E-state index contributed by atoms with van der Waals surface area (Å²) in [6, 6.07) is 17.8. The van der Waals surface area contributed by atoms with Gasteiger partial charge < -0.3 is 19.7 Å². The summed E-state index contributed by atoms with van der Waals surface area (Å²) in [6.07, 6.45) is 3.81. The molecule has 0 radical (unpaired) electrons. The zero-order valence-electron chi connectivity index (χ0n) is 22.4. The Morgan fingerprint density at radius 1 is 0.895 bits per heavy atom. The van der Waals surface area contributed by atoms with Crippen molar-refractivity contribution in [2.24, 2.45) is 0 Å². The fourth-order valence-electron chi connectivity index (χ4n) is 4.78. The first-order valence-corrected chi connectivity index (χ1v) is 12.9. The number of rotatable bonds is 6. The molecule has 8 nitrogen and oxygen atoms in total. The average molecular weight is 511 g/mol. The number of piperazine rings is 1. The topological polar surface area (TPSA) is 75.8 Å². The molecule has 196 valence electrons. The number of nitrogens with zero attached hydrogens (tertiary/aromatic N) is 5. The standard InChI is InChI=1S/C30H34N6O2/c1-33(2)30(38)23-7-5-22(6-8-23)27-19-32-29-26(27)17-24(18-31-29)21-9-11-25(12-10-21)35(4)28(37)20-36-15-13-34(3)14-16-36/h5-12,17-19H,13-16,20H2,1-4H3,(H,31,32). The van der Waals surface area contributed by atoms with Gasteiger partial charge in [0.1, 0.15) is 5.65 Å². The monoisotopic (exact) mass is 510 g/mol. The Bertz CT molecular complexity index is 1430. The van der Waals surface area contributed by atoms with Crippen LogP contribution in [0.25, 0.3) is 33.3 Å². The molecule has 2 amide bonds. The van der Waals surface area contributed by atoms with Crippen LogP contribution in [0.4, 0.5) is 5.69 Å². The van der Waals surface area contributed by atoms with Gasteiger partial charge in [0.05, 0.1) is 6.54 Å². The number of fused-ring (bicyclic) bond motifs is 1. The Kier molecular flexibility index (Phi) is 7.26. The molecule has 0 atom stereocenters. The predicted octanol–water partition coefficient (Wildman–Crippen LogP) is 3.81. The highest BCUT2D eigenvalue weighted by Crippen LogP contribution is 2.32. The Labute approximate surface area is 223 Å². The normalized spacial score (nSPS) is 14.5. The molecule has 3 heterocycles. The van der Waals surface area contributed by atoms with Gasteiger partial charge in [0.25, 0.3) is 5.91 Å². The third-order valence-electron chi connectivity index (χ3n) is 7.30. The van der Waals surface area contributed by atoms with E-state index in [0.717, 1.165) is 65.2 Å². The van der Waals surface area contributed by atoms with Crippen LogP contribution in [0.15, 0.2) is 67.0 Å². The van der Waals surface area contributed by atoms with Crippen LogP contribution in [0.3, 0.4) is 0 Å². The number of benzene rings is 2. The van der Waals surface area contributed by atoms with Crippen LogP contribution in [-0.2, 0) is 4.79 Å². The lowest BCUT2D eigenvalue weighted by Gasteiger charge is -2.32. The highest BCUT2D eigenvalue weighted by Gasteiger charge is 2.19. The van der Waals surface area contributed by atoms with Crippen LogP contribution in [0.2, 0.25) is 0 Å². The van der Waals surface area contributed by atoms with Crippen LogP contribution in [0.1, 0.15) is 10.4 Å². The molecule has 1 aliphatic heterocycles. The van der Waals surface area contributed by atoms with Crippen molar-refractivity contribution in [3.63, 3.8) is 0 Å². The highest BCUT2D eigenvalue weighted by atomic mass is 16.2. The Balaban J connectivity index is 1.33. The van der Waals surface area contributed by atoms with Gasteiger partial charge in [0.2, 0.25) is 5.91 Å². The Hall–Kier alpha value is -4.01.